The third-order valence-corrected chi connectivity index (χ3v) is 4.52. The highest BCUT2D eigenvalue weighted by molar-refractivity contribution is 5.80. The molecule has 0 bridgehead atoms. The fraction of sp³-hybridized carbons (Fsp3) is 0.412. The lowest BCUT2D eigenvalue weighted by Gasteiger charge is -2.15. The molecule has 3 N–H and O–H groups in total. The summed E-state index contributed by atoms with van der Waals surface area (Å²) < 4.78 is 0. The predicted molar refractivity (Wildman–Crippen MR) is 83.1 cm³/mol. The quantitative estimate of drug-likeness (QED) is 0.827. The molecule has 3 rings (SSSR count). The number of nitrogens with two attached hydrogens (primary N) is 1. The number of fused-ring (bicyclic) bond motifs is 1. The van der Waals surface area contributed by atoms with Crippen LogP contribution in [0.3, 0.4) is 0 Å². The van der Waals surface area contributed by atoms with Gasteiger partial charge in [0.2, 0.25) is 0 Å². The van der Waals surface area contributed by atoms with E-state index in [9.17, 15) is 4.79 Å². The Kier molecular flexibility index (Phi) is 3.78. The number of benzene rings is 1. The maximum absolute atomic E-state index is 11.1. The molecule has 1 aromatic carbocycles. The molecule has 1 aliphatic carbocycles. The second kappa shape index (κ2) is 5.72. The van der Waals surface area contributed by atoms with Gasteiger partial charge in [-0.2, -0.15) is 0 Å². The molecule has 2 atom stereocenters. The summed E-state index contributed by atoms with van der Waals surface area (Å²) in [6.45, 7) is 0. The second-order valence-electron chi connectivity index (χ2n) is 5.93. The fourth-order valence-corrected chi connectivity index (χ4v) is 3.30. The first kappa shape index (κ1) is 13.9. The highest BCUT2D eigenvalue weighted by atomic mass is 16.4. The van der Waals surface area contributed by atoms with Gasteiger partial charge in [0.25, 0.3) is 0 Å². The largest absolute Gasteiger partial charge is 0.481 e. The Hall–Kier alpha value is -2.10. The van der Waals surface area contributed by atoms with Crippen LogP contribution in [0.2, 0.25) is 0 Å². The van der Waals surface area contributed by atoms with Crippen LogP contribution < -0.4 is 5.73 Å². The minimum absolute atomic E-state index is 0.170. The topological polar surface area (TPSA) is 76.2 Å². The van der Waals surface area contributed by atoms with Gasteiger partial charge in [0, 0.05) is 5.39 Å². The number of hydrogen-bond donors (Lipinski definition) is 2. The average molecular weight is 284 g/mol. The summed E-state index contributed by atoms with van der Waals surface area (Å²) >= 11 is 0. The van der Waals surface area contributed by atoms with Crippen LogP contribution >= 0.6 is 0 Å². The Morgan fingerprint density at radius 3 is 2.81 bits per heavy atom. The van der Waals surface area contributed by atoms with E-state index in [0.717, 1.165) is 43.0 Å². The lowest BCUT2D eigenvalue weighted by Crippen LogP contribution is -2.12. The molecule has 21 heavy (non-hydrogen) atoms. The van der Waals surface area contributed by atoms with Crippen LogP contribution in [0, 0.1) is 5.92 Å². The maximum atomic E-state index is 11.1. The molecule has 4 nitrogen and oxygen atoms in total. The number of nitrogens with zero attached hydrogens (tertiary/aromatic N) is 1. The summed E-state index contributed by atoms with van der Waals surface area (Å²) in [6, 6.07) is 10.1. The van der Waals surface area contributed by atoms with Crippen molar-refractivity contribution in [1.82, 2.24) is 4.98 Å². The monoisotopic (exact) mass is 284 g/mol. The normalized spacial score (nSPS) is 22.9. The Labute approximate surface area is 124 Å². The molecule has 110 valence electrons. The zero-order valence-electron chi connectivity index (χ0n) is 12.0. The summed E-state index contributed by atoms with van der Waals surface area (Å²) in [5, 5.41) is 10.3. The molecule has 0 aliphatic heterocycles. The lowest BCUT2D eigenvalue weighted by atomic mass is 9.90. The van der Waals surface area contributed by atoms with Gasteiger partial charge in [-0.1, -0.05) is 12.5 Å². The molecule has 4 heteroatoms. The average Bonchev–Trinajstić information content (AvgIpc) is 2.72. The molecule has 1 aromatic heterocycles. The highest BCUT2D eigenvalue weighted by Crippen LogP contribution is 2.35. The molecular weight excluding hydrogens is 264 g/mol. The van der Waals surface area contributed by atoms with E-state index in [0.29, 0.717) is 11.7 Å². The summed E-state index contributed by atoms with van der Waals surface area (Å²) in [6.07, 6.45) is 4.58. The van der Waals surface area contributed by atoms with Crippen molar-refractivity contribution in [3.05, 3.63) is 35.9 Å². The number of pyridine rings is 1. The molecule has 1 aliphatic rings. The Bertz CT molecular complexity index is 669. The van der Waals surface area contributed by atoms with Crippen molar-refractivity contribution in [2.45, 2.75) is 38.0 Å². The van der Waals surface area contributed by atoms with Crippen molar-refractivity contribution < 1.29 is 9.90 Å². The molecule has 0 spiro atoms. The van der Waals surface area contributed by atoms with Crippen LogP contribution in [-0.2, 0) is 4.79 Å². The van der Waals surface area contributed by atoms with Crippen LogP contribution in [0.25, 0.3) is 10.9 Å². The van der Waals surface area contributed by atoms with Crippen LogP contribution in [0.5, 0.6) is 0 Å². The third-order valence-electron chi connectivity index (χ3n) is 4.52. The van der Waals surface area contributed by atoms with Crippen molar-refractivity contribution in [2.24, 2.45) is 5.92 Å². The molecular formula is C17H20N2O2. The minimum Gasteiger partial charge on any atom is -0.481 e. The van der Waals surface area contributed by atoms with Gasteiger partial charge in [-0.15, -0.1) is 0 Å². The first-order valence-electron chi connectivity index (χ1n) is 7.52. The van der Waals surface area contributed by atoms with Crippen LogP contribution in [-0.4, -0.2) is 16.1 Å². The van der Waals surface area contributed by atoms with Gasteiger partial charge in [0.05, 0.1) is 11.4 Å². The molecule has 2 aromatic rings. The van der Waals surface area contributed by atoms with Crippen molar-refractivity contribution >= 4 is 22.7 Å². The first-order valence-corrected chi connectivity index (χ1v) is 7.52. The number of aliphatic carboxylic acids is 1. The molecule has 1 heterocycles. The van der Waals surface area contributed by atoms with E-state index in [1.165, 1.54) is 5.56 Å². The van der Waals surface area contributed by atoms with E-state index in [1.54, 1.807) is 0 Å². The van der Waals surface area contributed by atoms with Gasteiger partial charge in [-0.3, -0.25) is 4.79 Å². The van der Waals surface area contributed by atoms with Crippen molar-refractivity contribution in [1.29, 1.82) is 0 Å². The van der Waals surface area contributed by atoms with Gasteiger partial charge < -0.3 is 10.8 Å². The summed E-state index contributed by atoms with van der Waals surface area (Å²) in [5.74, 6) is 0.177. The number of hydrogen-bond acceptors (Lipinski definition) is 3. The van der Waals surface area contributed by atoms with Gasteiger partial charge >= 0.3 is 5.97 Å². The zero-order valence-corrected chi connectivity index (χ0v) is 12.0. The van der Waals surface area contributed by atoms with E-state index in [1.807, 2.05) is 18.2 Å². The van der Waals surface area contributed by atoms with Gasteiger partial charge in [-0.25, -0.2) is 4.98 Å². The number of rotatable bonds is 2. The maximum Gasteiger partial charge on any atom is 0.306 e. The Balaban J connectivity index is 1.83. The van der Waals surface area contributed by atoms with E-state index in [4.69, 9.17) is 10.8 Å². The Morgan fingerprint density at radius 2 is 2.00 bits per heavy atom. The van der Waals surface area contributed by atoms with Crippen molar-refractivity contribution in [2.75, 3.05) is 5.73 Å². The van der Waals surface area contributed by atoms with Crippen LogP contribution in [0.15, 0.2) is 30.3 Å². The van der Waals surface area contributed by atoms with Crippen molar-refractivity contribution in [3.63, 3.8) is 0 Å². The molecule has 1 fully saturated rings. The minimum atomic E-state index is -0.645. The SMILES string of the molecule is Nc1ccc2cc(C3CCCC(C(=O)O)CC3)ccc2n1. The van der Waals surface area contributed by atoms with Gasteiger partial charge in [-0.05, 0) is 61.4 Å². The number of anilines is 1. The molecule has 0 radical (unpaired) electrons. The predicted octanol–water partition coefficient (Wildman–Crippen LogP) is 3.57. The Morgan fingerprint density at radius 1 is 1.14 bits per heavy atom. The molecule has 1 saturated carbocycles. The second-order valence-corrected chi connectivity index (χ2v) is 5.93. The molecule has 2 unspecified atom stereocenters. The molecule has 0 amide bonds. The summed E-state index contributed by atoms with van der Waals surface area (Å²) in [4.78, 5) is 15.5. The summed E-state index contributed by atoms with van der Waals surface area (Å²) in [7, 11) is 0. The number of carbonyl (C=O) groups is 1. The van der Waals surface area contributed by atoms with Crippen LogP contribution in [0.4, 0.5) is 5.82 Å². The van der Waals surface area contributed by atoms with E-state index >= 15 is 0 Å². The fourth-order valence-electron chi connectivity index (χ4n) is 3.30. The molecule has 0 saturated heterocycles. The van der Waals surface area contributed by atoms with Gasteiger partial charge in [0.15, 0.2) is 0 Å². The standard InChI is InChI=1S/C17H20N2O2/c18-16-9-7-14-10-13(6-8-15(14)19-16)11-2-1-3-12(5-4-11)17(20)21/h6-12H,1-5H2,(H2,18,19)(H,20,21). The number of carboxylic acids is 1. The van der Waals surface area contributed by atoms with E-state index in [-0.39, 0.29) is 5.92 Å². The third kappa shape index (κ3) is 2.99. The smallest absolute Gasteiger partial charge is 0.306 e. The van der Waals surface area contributed by atoms with E-state index in [2.05, 4.69) is 17.1 Å². The van der Waals surface area contributed by atoms with Crippen LogP contribution in [0.1, 0.15) is 43.6 Å². The zero-order chi connectivity index (χ0) is 14.8. The highest BCUT2D eigenvalue weighted by Gasteiger charge is 2.24. The van der Waals surface area contributed by atoms with Gasteiger partial charge in [0.1, 0.15) is 5.82 Å². The first-order chi connectivity index (χ1) is 10.1. The number of nitrogen functional groups attached to an aromatic ring is 1. The van der Waals surface area contributed by atoms with Crippen molar-refractivity contribution in [3.8, 4) is 0 Å². The lowest BCUT2D eigenvalue weighted by molar-refractivity contribution is -0.142. The number of aromatic nitrogens is 1. The van der Waals surface area contributed by atoms with E-state index < -0.39 is 5.97 Å². The summed E-state index contributed by atoms with van der Waals surface area (Å²) in [5.41, 5.74) is 7.91. The number of carboxylic acid groups (broad SMARTS) is 1.